The van der Waals surface area contributed by atoms with Crippen molar-refractivity contribution in [3.8, 4) is 0 Å². The molecule has 7 heteroatoms. The molecule has 26 heavy (non-hydrogen) atoms. The van der Waals surface area contributed by atoms with Crippen molar-refractivity contribution in [1.29, 1.82) is 0 Å². The molecular formula is C19H23BrN2O3S. The topological polar surface area (TPSA) is 66.5 Å². The molecule has 2 rings (SSSR count). The Bertz CT molecular complexity index is 845. The number of hydrogen-bond donors (Lipinski definition) is 1. The Balaban J connectivity index is 2.31. The Labute approximate surface area is 163 Å². The van der Waals surface area contributed by atoms with Crippen molar-refractivity contribution in [2.75, 3.05) is 6.54 Å². The number of amides is 1. The van der Waals surface area contributed by atoms with E-state index in [0.717, 1.165) is 10.0 Å². The van der Waals surface area contributed by atoms with Crippen LogP contribution in [0.15, 0.2) is 64.0 Å². The number of hydrogen-bond acceptors (Lipinski definition) is 3. The minimum absolute atomic E-state index is 0.113. The molecule has 1 N–H and O–H groups in total. The van der Waals surface area contributed by atoms with E-state index in [2.05, 4.69) is 21.2 Å². The zero-order valence-electron chi connectivity index (χ0n) is 15.1. The van der Waals surface area contributed by atoms with Crippen LogP contribution in [0.5, 0.6) is 0 Å². The summed E-state index contributed by atoms with van der Waals surface area (Å²) in [7, 11) is -3.80. The summed E-state index contributed by atoms with van der Waals surface area (Å²) in [6, 6.07) is 15.5. The minimum Gasteiger partial charge on any atom is -0.350 e. The molecule has 2 aromatic carbocycles. The Kier molecular flexibility index (Phi) is 6.60. The van der Waals surface area contributed by atoms with Gasteiger partial charge in [0.1, 0.15) is 0 Å². The van der Waals surface area contributed by atoms with E-state index in [9.17, 15) is 13.2 Å². The molecule has 0 aliphatic heterocycles. The molecule has 1 amide bonds. The lowest BCUT2D eigenvalue weighted by atomic mass is 10.1. The molecule has 0 aliphatic rings. The first-order valence-electron chi connectivity index (χ1n) is 8.18. The first kappa shape index (κ1) is 20.6. The van der Waals surface area contributed by atoms with Crippen molar-refractivity contribution in [3.05, 3.63) is 64.6 Å². The van der Waals surface area contributed by atoms with Crippen LogP contribution < -0.4 is 5.32 Å². The van der Waals surface area contributed by atoms with Gasteiger partial charge < -0.3 is 5.32 Å². The van der Waals surface area contributed by atoms with Crippen molar-refractivity contribution >= 4 is 31.9 Å². The molecule has 2 aromatic rings. The predicted molar refractivity (Wildman–Crippen MR) is 106 cm³/mol. The first-order chi connectivity index (χ1) is 12.1. The third kappa shape index (κ3) is 5.93. The van der Waals surface area contributed by atoms with E-state index in [1.54, 1.807) is 18.2 Å². The number of nitrogens with zero attached hydrogens (tertiary/aromatic N) is 1. The fourth-order valence-electron chi connectivity index (χ4n) is 2.38. The smallest absolute Gasteiger partial charge is 0.243 e. The number of halogens is 1. The van der Waals surface area contributed by atoms with Crippen LogP contribution in [0, 0.1) is 0 Å². The highest BCUT2D eigenvalue weighted by atomic mass is 79.9. The van der Waals surface area contributed by atoms with E-state index in [0.29, 0.717) is 0 Å². The summed E-state index contributed by atoms with van der Waals surface area (Å²) in [5.41, 5.74) is 0.368. The molecule has 0 aromatic heterocycles. The molecule has 0 spiro atoms. The zero-order valence-corrected chi connectivity index (χ0v) is 17.5. The largest absolute Gasteiger partial charge is 0.350 e. The summed E-state index contributed by atoms with van der Waals surface area (Å²) >= 11 is 3.37. The van der Waals surface area contributed by atoms with Crippen molar-refractivity contribution in [1.82, 2.24) is 9.62 Å². The van der Waals surface area contributed by atoms with Crippen molar-refractivity contribution in [3.63, 3.8) is 0 Å². The lowest BCUT2D eigenvalue weighted by molar-refractivity contribution is -0.122. The van der Waals surface area contributed by atoms with Gasteiger partial charge in [-0.1, -0.05) is 46.3 Å². The standard InChI is InChI=1S/C19H23BrN2O3S/c1-19(2,3)21-18(23)14-22(13-15-9-11-16(20)12-10-15)26(24,25)17-7-5-4-6-8-17/h4-12H,13-14H2,1-3H3,(H,21,23). The highest BCUT2D eigenvalue weighted by Gasteiger charge is 2.27. The molecule has 5 nitrogen and oxygen atoms in total. The highest BCUT2D eigenvalue weighted by Crippen LogP contribution is 2.19. The zero-order chi connectivity index (χ0) is 19.4. The van der Waals surface area contributed by atoms with Gasteiger partial charge in [-0.15, -0.1) is 0 Å². The monoisotopic (exact) mass is 438 g/mol. The van der Waals surface area contributed by atoms with Crippen LogP contribution in [-0.2, 0) is 21.4 Å². The summed E-state index contributed by atoms with van der Waals surface area (Å²) in [5.74, 6) is -0.339. The number of carbonyl (C=O) groups excluding carboxylic acids is 1. The van der Waals surface area contributed by atoms with Gasteiger partial charge in [0.2, 0.25) is 15.9 Å². The van der Waals surface area contributed by atoms with E-state index < -0.39 is 15.6 Å². The fourth-order valence-corrected chi connectivity index (χ4v) is 4.05. The number of benzene rings is 2. The SMILES string of the molecule is CC(C)(C)NC(=O)CN(Cc1ccc(Br)cc1)S(=O)(=O)c1ccccc1. The molecule has 0 saturated heterocycles. The van der Waals surface area contributed by atoms with Gasteiger partial charge in [-0.25, -0.2) is 8.42 Å². The third-order valence-corrected chi connectivity index (χ3v) is 5.82. The maximum atomic E-state index is 13.0. The summed E-state index contributed by atoms with van der Waals surface area (Å²) in [4.78, 5) is 12.5. The second-order valence-corrected chi connectivity index (χ2v) is 9.86. The normalized spacial score (nSPS) is 12.2. The van der Waals surface area contributed by atoms with Gasteiger partial charge in [0, 0.05) is 16.6 Å². The van der Waals surface area contributed by atoms with E-state index >= 15 is 0 Å². The molecule has 0 bridgehead atoms. The van der Waals surface area contributed by atoms with Gasteiger partial charge >= 0.3 is 0 Å². The van der Waals surface area contributed by atoms with E-state index in [-0.39, 0.29) is 23.9 Å². The molecule has 0 heterocycles. The Morgan fingerprint density at radius 3 is 2.15 bits per heavy atom. The Morgan fingerprint density at radius 2 is 1.62 bits per heavy atom. The van der Waals surface area contributed by atoms with Gasteiger partial charge in [-0.2, -0.15) is 4.31 Å². The predicted octanol–water partition coefficient (Wildman–Crippen LogP) is 3.55. The van der Waals surface area contributed by atoms with Crippen LogP contribution in [-0.4, -0.2) is 30.7 Å². The second kappa shape index (κ2) is 8.33. The number of rotatable bonds is 6. The maximum absolute atomic E-state index is 13.0. The Morgan fingerprint density at radius 1 is 1.04 bits per heavy atom. The molecule has 0 radical (unpaired) electrons. The number of nitrogens with one attached hydrogen (secondary N) is 1. The molecule has 0 atom stereocenters. The Hall–Kier alpha value is -1.70. The van der Waals surface area contributed by atoms with Crippen LogP contribution in [0.1, 0.15) is 26.3 Å². The lowest BCUT2D eigenvalue weighted by Crippen LogP contribution is -2.47. The van der Waals surface area contributed by atoms with E-state index in [1.807, 2.05) is 45.0 Å². The summed E-state index contributed by atoms with van der Waals surface area (Å²) < 4.78 is 28.2. The third-order valence-electron chi connectivity index (χ3n) is 3.49. The molecule has 0 unspecified atom stereocenters. The average molecular weight is 439 g/mol. The summed E-state index contributed by atoms with van der Waals surface area (Å²) in [6.07, 6.45) is 0. The lowest BCUT2D eigenvalue weighted by Gasteiger charge is -2.25. The van der Waals surface area contributed by atoms with Gasteiger partial charge in [0.15, 0.2) is 0 Å². The van der Waals surface area contributed by atoms with Crippen LogP contribution >= 0.6 is 15.9 Å². The highest BCUT2D eigenvalue weighted by molar-refractivity contribution is 9.10. The van der Waals surface area contributed by atoms with Crippen molar-refractivity contribution in [2.45, 2.75) is 37.8 Å². The fraction of sp³-hybridized carbons (Fsp3) is 0.316. The van der Waals surface area contributed by atoms with E-state index in [4.69, 9.17) is 0 Å². The van der Waals surface area contributed by atoms with Crippen molar-refractivity contribution < 1.29 is 13.2 Å². The second-order valence-electron chi connectivity index (χ2n) is 7.01. The molecule has 0 saturated carbocycles. The molecular weight excluding hydrogens is 416 g/mol. The first-order valence-corrected chi connectivity index (χ1v) is 10.4. The van der Waals surface area contributed by atoms with Crippen LogP contribution in [0.3, 0.4) is 0 Å². The molecule has 0 fully saturated rings. The average Bonchev–Trinajstić information content (AvgIpc) is 2.55. The van der Waals surface area contributed by atoms with Crippen LogP contribution in [0.4, 0.5) is 0 Å². The number of sulfonamides is 1. The minimum atomic E-state index is -3.80. The van der Waals surface area contributed by atoms with Gasteiger partial charge in [0.25, 0.3) is 0 Å². The van der Waals surface area contributed by atoms with Gasteiger partial charge in [-0.05, 0) is 50.6 Å². The summed E-state index contributed by atoms with van der Waals surface area (Å²) in [6.45, 7) is 5.44. The van der Waals surface area contributed by atoms with Gasteiger partial charge in [-0.3, -0.25) is 4.79 Å². The molecule has 140 valence electrons. The van der Waals surface area contributed by atoms with Crippen LogP contribution in [0.25, 0.3) is 0 Å². The van der Waals surface area contributed by atoms with Gasteiger partial charge in [0.05, 0.1) is 11.4 Å². The summed E-state index contributed by atoms with van der Waals surface area (Å²) in [5, 5.41) is 2.82. The maximum Gasteiger partial charge on any atom is 0.243 e. The van der Waals surface area contributed by atoms with E-state index in [1.165, 1.54) is 16.4 Å². The number of carbonyl (C=O) groups is 1. The quantitative estimate of drug-likeness (QED) is 0.749. The van der Waals surface area contributed by atoms with Crippen LogP contribution in [0.2, 0.25) is 0 Å². The van der Waals surface area contributed by atoms with Crippen molar-refractivity contribution in [2.24, 2.45) is 0 Å². The molecule has 0 aliphatic carbocycles.